The third-order valence-corrected chi connectivity index (χ3v) is 19.2. The Bertz CT molecular complexity index is 4640. The summed E-state index contributed by atoms with van der Waals surface area (Å²) in [5.74, 6) is -21.4. The molecule has 0 bridgehead atoms. The zero-order valence-electron chi connectivity index (χ0n) is 72.8. The first kappa shape index (κ1) is 107. The molecule has 2 aromatic carbocycles. The number of benzene rings is 2. The average Bonchev–Trinajstić information content (AvgIpc) is 1.66. The molecule has 36 N–H and O–H groups in total. The SMILES string of the molecule is CC(C)C[C@H](NC(=O)[C@H](CCCNC(=N)N)NC(=O)[C@H](Cc1cnc[nH]1)NC(=O)[C@@H](NC(=O)CNC(=O)[C@H](C)NC(=O)[C@H](CO)NC(=O)[C@H](Cc1ccccc1)NC(=O)[C@H](C)NC(=O)[C@H](CCCNC(=N)N)NC(=O)CNC(=O)[C@@H](N)Cc1c[nH]c2ccccc12)C(C)C)C(=O)N[C@@H](C)C(=O)N[C@@H](CC(N)=O)C(=O)NCC(=O)NCC(=O)N[C@@H](CC(N)=O)C(=O)NCC(N)=O. The number of H-pyrrole nitrogens is 2. The van der Waals surface area contributed by atoms with Crippen molar-refractivity contribution in [3.8, 4) is 0 Å². The van der Waals surface area contributed by atoms with E-state index in [0.717, 1.165) is 16.5 Å². The fourth-order valence-corrected chi connectivity index (χ4v) is 12.3. The predicted molar refractivity (Wildman–Crippen MR) is 464 cm³/mol. The molecule has 0 radical (unpaired) electrons. The number of para-hydroxylation sites is 1. The van der Waals surface area contributed by atoms with Gasteiger partial charge in [-0.3, -0.25) is 107 Å². The van der Waals surface area contributed by atoms with E-state index in [4.69, 9.17) is 45.2 Å². The van der Waals surface area contributed by atoms with E-state index >= 15 is 0 Å². The van der Waals surface area contributed by atoms with Gasteiger partial charge in [-0.05, 0) is 88.3 Å². The van der Waals surface area contributed by atoms with Crippen LogP contribution in [0.1, 0.15) is 110 Å². The summed E-state index contributed by atoms with van der Waals surface area (Å²) in [6.07, 6.45) is 2.21. The smallest absolute Gasteiger partial charge is 0.245 e. The van der Waals surface area contributed by atoms with Crippen molar-refractivity contribution in [3.63, 3.8) is 0 Å². The fraction of sp³-hybridized carbons (Fsp3) is 0.506. The van der Waals surface area contributed by atoms with Crippen molar-refractivity contribution in [2.45, 2.75) is 191 Å². The number of carbonyl (C=O) groups is 20. The van der Waals surface area contributed by atoms with Crippen LogP contribution in [0.4, 0.5) is 0 Å². The minimum absolute atomic E-state index is 0.0136. The number of nitrogens with zero attached hydrogens (tertiary/aromatic N) is 1. The van der Waals surface area contributed by atoms with Crippen LogP contribution >= 0.6 is 0 Å². The molecule has 4 rings (SSSR count). The number of aromatic nitrogens is 3. The number of guanidine groups is 2. The van der Waals surface area contributed by atoms with Crippen molar-refractivity contribution in [3.05, 3.63) is 90.1 Å². The lowest BCUT2D eigenvalue weighted by atomic mass is 10.0. The molecule has 0 spiro atoms. The number of hydrogen-bond acceptors (Lipinski definition) is 25. The molecule has 13 atom stereocenters. The number of nitrogens with two attached hydrogens (primary N) is 6. The van der Waals surface area contributed by atoms with Gasteiger partial charge in [0.05, 0.1) is 64.5 Å². The molecule has 20 amide bonds. The third kappa shape index (κ3) is 39.7. The molecule has 51 heteroatoms. The number of primary amides is 3. The molecule has 0 aliphatic carbocycles. The van der Waals surface area contributed by atoms with Crippen molar-refractivity contribution in [2.75, 3.05) is 52.4 Å². The van der Waals surface area contributed by atoms with Gasteiger partial charge < -0.3 is 150 Å². The van der Waals surface area contributed by atoms with E-state index in [-0.39, 0.29) is 82.0 Å². The van der Waals surface area contributed by atoms with Crippen molar-refractivity contribution in [1.82, 2.24) is 116 Å². The largest absolute Gasteiger partial charge is 0.394 e. The van der Waals surface area contributed by atoms with Gasteiger partial charge in [-0.15, -0.1) is 0 Å². The van der Waals surface area contributed by atoms with Gasteiger partial charge in [0, 0.05) is 54.9 Å². The summed E-state index contributed by atoms with van der Waals surface area (Å²) in [7, 11) is 0. The standard InChI is InChI=1S/C79H120N30O21/c1-38(2)23-51(73(126)100-42(7)67(120)105-55(28-58(82)112)70(123)96-32-60(114)92-33-61(115)102-54(27-57(81)111)69(122)93-31-59(83)113)106-72(125)50(20-14-22-90-79(86)87)103-75(128)53(26-45-30-88-37-97-45)107-77(130)64(39(3)4)109-63(117)35-94-65(118)40(5)98-76(129)56(36-110)108-74(127)52(24-43-15-9-8-10-16-43)104-66(119)41(6)99-71(124)49(19-13-21-89-78(84)85)101-62(116)34-95-68(121)47(80)25-44-29-91-48-18-12-11-17-46(44)48/h8-12,15-18,29-30,37-42,47,49-56,64,91,110H,13-14,19-28,31-36,80H2,1-7H3,(H2,81,111)(H2,82,112)(H2,83,113)(H,88,97)(H,92,114)(H,93,122)(H,94,118)(H,95,121)(H,96,123)(H,98,129)(H,99,124)(H,100,126)(H,101,116)(H,102,115)(H,103,128)(H,104,119)(H,105,120)(H,106,125)(H,107,130)(H,108,127)(H,109,117)(H4,84,85,89)(H4,86,87,90)/t40-,41-,42-,47-,49-,50-,51-,52-,53-,54-,55-,56-,64-/m0/s1. The Morgan fingerprint density at radius 1 is 0.392 bits per heavy atom. The molecule has 0 saturated heterocycles. The Morgan fingerprint density at radius 2 is 0.815 bits per heavy atom. The Hall–Kier alpha value is -14.9. The monoisotopic (exact) mass is 1820 g/mol. The number of imidazole rings is 1. The molecule has 0 fully saturated rings. The van der Waals surface area contributed by atoms with Gasteiger partial charge in [0.2, 0.25) is 118 Å². The van der Waals surface area contributed by atoms with Crippen LogP contribution in [0.5, 0.6) is 0 Å². The maximum absolute atomic E-state index is 14.6. The molecule has 4 aromatic rings. The van der Waals surface area contributed by atoms with Crippen molar-refractivity contribution >= 4 is 141 Å². The minimum Gasteiger partial charge on any atom is -0.394 e. The van der Waals surface area contributed by atoms with Crippen LogP contribution in [0.3, 0.4) is 0 Å². The molecule has 0 saturated carbocycles. The van der Waals surface area contributed by atoms with E-state index < -0.39 is 261 Å². The molecule has 130 heavy (non-hydrogen) atoms. The van der Waals surface area contributed by atoms with E-state index in [1.54, 1.807) is 50.4 Å². The van der Waals surface area contributed by atoms with E-state index in [0.29, 0.717) is 5.56 Å². The number of aromatic amines is 2. The molecule has 2 heterocycles. The lowest BCUT2D eigenvalue weighted by Gasteiger charge is -2.28. The lowest BCUT2D eigenvalue weighted by molar-refractivity contribution is -0.136. The van der Waals surface area contributed by atoms with Gasteiger partial charge in [-0.25, -0.2) is 4.98 Å². The first-order chi connectivity index (χ1) is 61.3. The molecule has 0 aliphatic rings. The van der Waals surface area contributed by atoms with Crippen LogP contribution in [-0.4, -0.2) is 281 Å². The zero-order valence-corrected chi connectivity index (χ0v) is 72.8. The van der Waals surface area contributed by atoms with Gasteiger partial charge in [-0.2, -0.15) is 0 Å². The summed E-state index contributed by atoms with van der Waals surface area (Å²) in [5, 5.41) is 72.1. The van der Waals surface area contributed by atoms with E-state index in [1.807, 2.05) is 24.3 Å². The van der Waals surface area contributed by atoms with Crippen molar-refractivity contribution in [2.24, 2.45) is 46.2 Å². The number of amides is 20. The molecule has 0 aliphatic heterocycles. The number of hydrogen-bond donors (Lipinski definition) is 30. The Morgan fingerprint density at radius 3 is 1.35 bits per heavy atom. The highest BCUT2D eigenvalue weighted by atomic mass is 16.3. The Kier molecular flexibility index (Phi) is 45.3. The van der Waals surface area contributed by atoms with Gasteiger partial charge in [0.1, 0.15) is 72.5 Å². The van der Waals surface area contributed by atoms with Crippen LogP contribution in [0, 0.1) is 22.7 Å². The fourth-order valence-electron chi connectivity index (χ4n) is 12.3. The highest BCUT2D eigenvalue weighted by Gasteiger charge is 2.37. The van der Waals surface area contributed by atoms with Gasteiger partial charge in [-0.1, -0.05) is 76.2 Å². The van der Waals surface area contributed by atoms with E-state index in [2.05, 4.69) is 116 Å². The van der Waals surface area contributed by atoms with Gasteiger partial charge >= 0.3 is 0 Å². The zero-order chi connectivity index (χ0) is 97.0. The first-order valence-electron chi connectivity index (χ1n) is 41.3. The number of nitrogens with one attached hydrogen (secondary N) is 23. The lowest BCUT2D eigenvalue weighted by Crippen LogP contribution is -2.60. The van der Waals surface area contributed by atoms with Gasteiger partial charge in [0.25, 0.3) is 0 Å². The Labute approximate surface area is 745 Å². The Balaban J connectivity index is 1.40. The molecule has 712 valence electrons. The summed E-state index contributed by atoms with van der Waals surface area (Å²) in [6, 6.07) is -3.85. The van der Waals surface area contributed by atoms with Crippen LogP contribution in [0.2, 0.25) is 0 Å². The predicted octanol–water partition coefficient (Wildman–Crippen LogP) is -11.8. The minimum atomic E-state index is -1.78. The summed E-state index contributed by atoms with van der Waals surface area (Å²) in [5.41, 5.74) is 35.1. The van der Waals surface area contributed by atoms with Crippen LogP contribution < -0.4 is 135 Å². The topological polar surface area (TPSA) is 838 Å². The van der Waals surface area contributed by atoms with Crippen molar-refractivity contribution in [1.29, 1.82) is 10.8 Å². The molecule has 2 aromatic heterocycles. The summed E-state index contributed by atoms with van der Waals surface area (Å²) in [4.78, 5) is 276. The summed E-state index contributed by atoms with van der Waals surface area (Å²) < 4.78 is 0. The quantitative estimate of drug-likeness (QED) is 0.0111. The van der Waals surface area contributed by atoms with Gasteiger partial charge in [0.15, 0.2) is 11.9 Å². The molecule has 0 unspecified atom stereocenters. The normalized spacial score (nSPS) is 13.9. The third-order valence-electron chi connectivity index (χ3n) is 19.2. The second-order valence-corrected chi connectivity index (χ2v) is 31.0. The molecular weight excluding hydrogens is 1710 g/mol. The van der Waals surface area contributed by atoms with Crippen molar-refractivity contribution < 1.29 is 101 Å². The maximum Gasteiger partial charge on any atom is 0.245 e. The highest BCUT2D eigenvalue weighted by Crippen LogP contribution is 2.19. The maximum atomic E-state index is 14.6. The summed E-state index contributed by atoms with van der Waals surface area (Å²) in [6.45, 7) is 5.38. The number of carbonyl (C=O) groups excluding carboxylic acids is 20. The number of rotatable bonds is 57. The summed E-state index contributed by atoms with van der Waals surface area (Å²) >= 11 is 0. The van der Waals surface area contributed by atoms with Crippen LogP contribution in [-0.2, 0) is 115 Å². The van der Waals surface area contributed by atoms with Crippen LogP contribution in [0.25, 0.3) is 10.9 Å². The molecular formula is C79H120N30O21. The number of fused-ring (bicyclic) bond motifs is 1. The van der Waals surface area contributed by atoms with E-state index in [9.17, 15) is 101 Å². The van der Waals surface area contributed by atoms with E-state index in [1.165, 1.54) is 47.1 Å². The first-order valence-corrected chi connectivity index (χ1v) is 41.3. The number of aliphatic hydroxyl groups excluding tert-OH is 1. The average molecular weight is 1830 g/mol. The second-order valence-electron chi connectivity index (χ2n) is 31.0. The second kappa shape index (κ2) is 54.8. The highest BCUT2D eigenvalue weighted by molar-refractivity contribution is 6.02. The molecule has 51 nitrogen and oxygen atoms in total. The number of aliphatic hydroxyl groups is 1. The van der Waals surface area contributed by atoms with Crippen LogP contribution in [0.15, 0.2) is 73.3 Å².